The fourth-order valence-electron chi connectivity index (χ4n) is 1.31. The summed E-state index contributed by atoms with van der Waals surface area (Å²) < 4.78 is 39.8. The molecule has 1 aromatic carbocycles. The molecule has 0 amide bonds. The van der Waals surface area contributed by atoms with E-state index in [0.717, 1.165) is 17.4 Å². The monoisotopic (exact) mass is 340 g/mol. The van der Waals surface area contributed by atoms with Gasteiger partial charge in [-0.3, -0.25) is 4.72 Å². The Morgan fingerprint density at radius 1 is 1.26 bits per heavy atom. The quantitative estimate of drug-likeness (QED) is 0.838. The first kappa shape index (κ1) is 14.4. The van der Waals surface area contributed by atoms with E-state index in [0.29, 0.717) is 0 Å². The fourth-order valence-corrected chi connectivity index (χ4v) is 4.51. The number of hydrogen-bond acceptors (Lipinski definition) is 4. The van der Waals surface area contributed by atoms with Crippen LogP contribution in [0.3, 0.4) is 0 Å². The van der Waals surface area contributed by atoms with Crippen LogP contribution < -0.4 is 10.5 Å². The number of benzene rings is 1. The van der Waals surface area contributed by atoms with E-state index in [4.69, 9.17) is 28.9 Å². The highest BCUT2D eigenvalue weighted by atomic mass is 35.5. The highest BCUT2D eigenvalue weighted by Crippen LogP contribution is 2.35. The highest BCUT2D eigenvalue weighted by Gasteiger charge is 2.21. The second-order valence-corrected chi connectivity index (χ2v) is 7.47. The topological polar surface area (TPSA) is 72.2 Å². The number of nitrogen functional groups attached to an aromatic ring is 1. The smallest absolute Gasteiger partial charge is 0.264 e. The van der Waals surface area contributed by atoms with E-state index in [9.17, 15) is 12.8 Å². The van der Waals surface area contributed by atoms with Gasteiger partial charge in [-0.15, -0.1) is 11.3 Å². The lowest BCUT2D eigenvalue weighted by Crippen LogP contribution is -2.12. The Labute approximate surface area is 123 Å². The summed E-state index contributed by atoms with van der Waals surface area (Å²) in [5.41, 5.74) is 5.28. The van der Waals surface area contributed by atoms with Crippen molar-refractivity contribution < 1.29 is 12.8 Å². The van der Waals surface area contributed by atoms with Crippen molar-refractivity contribution in [2.45, 2.75) is 4.90 Å². The summed E-state index contributed by atoms with van der Waals surface area (Å²) in [7, 11) is -3.92. The van der Waals surface area contributed by atoms with Gasteiger partial charge in [0, 0.05) is 6.07 Å². The van der Waals surface area contributed by atoms with E-state index in [1.165, 1.54) is 18.2 Å². The molecule has 4 nitrogen and oxygen atoms in total. The van der Waals surface area contributed by atoms with Crippen LogP contribution in [0.1, 0.15) is 0 Å². The SMILES string of the molecule is Nc1ccc(NS(=O)(=O)c2cc(Cl)sc2Cl)cc1F. The number of nitrogens with two attached hydrogens (primary N) is 1. The summed E-state index contributed by atoms with van der Waals surface area (Å²) in [5, 5.41) is 0. The standard InChI is InChI=1S/C10H7Cl2FN2O2S2/c11-9-4-8(10(12)18-9)19(16,17)15-5-1-2-7(14)6(13)3-5/h1-4,15H,14H2. The van der Waals surface area contributed by atoms with E-state index in [-0.39, 0.29) is 24.9 Å². The zero-order valence-electron chi connectivity index (χ0n) is 9.15. The number of hydrogen-bond donors (Lipinski definition) is 2. The van der Waals surface area contributed by atoms with Gasteiger partial charge < -0.3 is 5.73 Å². The van der Waals surface area contributed by atoms with E-state index >= 15 is 0 Å². The number of thiophene rings is 1. The number of anilines is 2. The van der Waals surface area contributed by atoms with Crippen LogP contribution in [-0.2, 0) is 10.0 Å². The molecule has 0 aliphatic rings. The Kier molecular flexibility index (Phi) is 3.91. The highest BCUT2D eigenvalue weighted by molar-refractivity contribution is 7.93. The van der Waals surface area contributed by atoms with Crippen molar-refractivity contribution >= 4 is 55.9 Å². The molecule has 0 fully saturated rings. The number of rotatable bonds is 3. The maximum Gasteiger partial charge on any atom is 0.264 e. The molecule has 0 saturated heterocycles. The second-order valence-electron chi connectivity index (χ2n) is 3.53. The minimum absolute atomic E-state index is 0.0356. The maximum atomic E-state index is 13.2. The van der Waals surface area contributed by atoms with Crippen LogP contribution in [0, 0.1) is 5.82 Å². The van der Waals surface area contributed by atoms with Crippen molar-refractivity contribution in [1.29, 1.82) is 0 Å². The average molecular weight is 341 g/mol. The lowest BCUT2D eigenvalue weighted by molar-refractivity contribution is 0.601. The van der Waals surface area contributed by atoms with Crippen molar-refractivity contribution in [2.24, 2.45) is 0 Å². The molecule has 102 valence electrons. The molecule has 2 aromatic rings. The molecule has 0 aliphatic carbocycles. The molecule has 0 unspecified atom stereocenters. The Balaban J connectivity index is 2.36. The normalized spacial score (nSPS) is 11.5. The average Bonchev–Trinajstić information content (AvgIpc) is 2.63. The van der Waals surface area contributed by atoms with E-state index in [2.05, 4.69) is 4.72 Å². The Morgan fingerprint density at radius 3 is 2.47 bits per heavy atom. The summed E-state index contributed by atoms with van der Waals surface area (Å²) in [6.07, 6.45) is 0. The van der Waals surface area contributed by atoms with Gasteiger partial charge in [0.2, 0.25) is 0 Å². The van der Waals surface area contributed by atoms with E-state index < -0.39 is 15.8 Å². The van der Waals surface area contributed by atoms with Gasteiger partial charge in [-0.05, 0) is 18.2 Å². The predicted molar refractivity (Wildman–Crippen MR) is 76.0 cm³/mol. The molecule has 9 heteroatoms. The minimum atomic E-state index is -3.92. The van der Waals surface area contributed by atoms with Crippen molar-refractivity contribution in [3.63, 3.8) is 0 Å². The van der Waals surface area contributed by atoms with Gasteiger partial charge in [0.05, 0.1) is 15.7 Å². The van der Waals surface area contributed by atoms with Crippen LogP contribution >= 0.6 is 34.5 Å². The third-order valence-electron chi connectivity index (χ3n) is 2.17. The summed E-state index contributed by atoms with van der Waals surface area (Å²) in [6, 6.07) is 4.81. The molecule has 0 spiro atoms. The van der Waals surface area contributed by atoms with Crippen LogP contribution in [0.5, 0.6) is 0 Å². The molecule has 0 saturated carbocycles. The van der Waals surface area contributed by atoms with E-state index in [1.54, 1.807) is 0 Å². The molecule has 0 aliphatic heterocycles. The molecule has 1 aromatic heterocycles. The fraction of sp³-hybridized carbons (Fsp3) is 0. The number of nitrogens with one attached hydrogen (secondary N) is 1. The molecule has 0 atom stereocenters. The Morgan fingerprint density at radius 2 is 1.95 bits per heavy atom. The lowest BCUT2D eigenvalue weighted by Gasteiger charge is -2.07. The zero-order chi connectivity index (χ0) is 14.2. The van der Waals surface area contributed by atoms with Gasteiger partial charge in [-0.25, -0.2) is 12.8 Å². The van der Waals surface area contributed by atoms with Crippen LogP contribution in [0.2, 0.25) is 8.67 Å². The van der Waals surface area contributed by atoms with Crippen LogP contribution in [0.25, 0.3) is 0 Å². The van der Waals surface area contributed by atoms with Gasteiger partial charge in [-0.2, -0.15) is 0 Å². The summed E-state index contributed by atoms with van der Waals surface area (Å²) in [6.45, 7) is 0. The van der Waals surface area contributed by atoms with E-state index in [1.807, 2.05) is 0 Å². The van der Waals surface area contributed by atoms with Gasteiger partial charge in [0.1, 0.15) is 15.0 Å². The molecule has 3 N–H and O–H groups in total. The third-order valence-corrected chi connectivity index (χ3v) is 5.30. The first-order chi connectivity index (χ1) is 8.79. The first-order valence-electron chi connectivity index (χ1n) is 4.82. The van der Waals surface area contributed by atoms with Gasteiger partial charge in [0.25, 0.3) is 10.0 Å². The predicted octanol–water partition coefficient (Wildman–Crippen LogP) is 3.58. The van der Waals surface area contributed by atoms with Crippen LogP contribution in [-0.4, -0.2) is 8.42 Å². The molecule has 19 heavy (non-hydrogen) atoms. The minimum Gasteiger partial charge on any atom is -0.396 e. The second kappa shape index (κ2) is 5.16. The zero-order valence-corrected chi connectivity index (χ0v) is 12.3. The molecule has 2 rings (SSSR count). The van der Waals surface area contributed by atoms with Gasteiger partial charge >= 0.3 is 0 Å². The van der Waals surface area contributed by atoms with Crippen molar-refractivity contribution in [3.8, 4) is 0 Å². The maximum absolute atomic E-state index is 13.2. The third kappa shape index (κ3) is 3.11. The van der Waals surface area contributed by atoms with Crippen LogP contribution in [0.15, 0.2) is 29.2 Å². The number of halogens is 3. The largest absolute Gasteiger partial charge is 0.396 e. The van der Waals surface area contributed by atoms with Crippen molar-refractivity contribution in [3.05, 3.63) is 38.8 Å². The van der Waals surface area contributed by atoms with Crippen molar-refractivity contribution in [1.82, 2.24) is 0 Å². The molecule has 1 heterocycles. The summed E-state index contributed by atoms with van der Waals surface area (Å²) in [4.78, 5) is -0.151. The number of sulfonamides is 1. The van der Waals surface area contributed by atoms with Crippen LogP contribution in [0.4, 0.5) is 15.8 Å². The Bertz CT molecular complexity index is 731. The lowest BCUT2D eigenvalue weighted by atomic mass is 10.3. The summed E-state index contributed by atoms with van der Waals surface area (Å²) in [5.74, 6) is -0.713. The molecular formula is C10H7Cl2FN2O2S2. The summed E-state index contributed by atoms with van der Waals surface area (Å²) >= 11 is 12.4. The van der Waals surface area contributed by atoms with Crippen molar-refractivity contribution in [2.75, 3.05) is 10.5 Å². The Hall–Kier alpha value is -1.02. The van der Waals surface area contributed by atoms with Gasteiger partial charge in [-0.1, -0.05) is 23.2 Å². The van der Waals surface area contributed by atoms with Gasteiger partial charge in [0.15, 0.2) is 0 Å². The molecule has 0 radical (unpaired) electrons. The molecule has 0 bridgehead atoms. The first-order valence-corrected chi connectivity index (χ1v) is 7.88. The molecular weight excluding hydrogens is 334 g/mol.